The molecule has 9 heteroatoms. The molecule has 4 aromatic rings. The van der Waals surface area contributed by atoms with Crippen molar-refractivity contribution in [1.29, 1.82) is 0 Å². The SMILES string of the molecule is CI1COCCN1c1cc(C2(O)CCC(c3ccccc3)CC2)c2cnn(-c3ccn[nH]3)c2n1. The van der Waals surface area contributed by atoms with E-state index in [2.05, 4.69) is 59.7 Å². The van der Waals surface area contributed by atoms with Crippen LogP contribution in [0.2, 0.25) is 0 Å². The van der Waals surface area contributed by atoms with Crippen molar-refractivity contribution < 1.29 is 9.84 Å². The summed E-state index contributed by atoms with van der Waals surface area (Å²) >= 11 is -1.49. The van der Waals surface area contributed by atoms with Crippen molar-refractivity contribution in [3.63, 3.8) is 0 Å². The molecule has 0 amide bonds. The van der Waals surface area contributed by atoms with Crippen molar-refractivity contribution in [1.82, 2.24) is 25.0 Å². The van der Waals surface area contributed by atoms with Crippen LogP contribution in [0.5, 0.6) is 0 Å². The normalized spacial score (nSPS) is 24.6. The average molecular weight is 572 g/mol. The first-order valence-electron chi connectivity index (χ1n) is 11.7. The van der Waals surface area contributed by atoms with Crippen molar-refractivity contribution in [2.45, 2.75) is 37.2 Å². The number of pyridine rings is 1. The molecule has 0 spiro atoms. The molecular weight excluding hydrogens is 543 g/mol. The van der Waals surface area contributed by atoms with Crippen molar-refractivity contribution >= 4 is 36.9 Å². The van der Waals surface area contributed by atoms with Gasteiger partial charge in [-0.15, -0.1) is 0 Å². The van der Waals surface area contributed by atoms with E-state index >= 15 is 0 Å². The summed E-state index contributed by atoms with van der Waals surface area (Å²) in [5.74, 6) is 2.18. The van der Waals surface area contributed by atoms with Gasteiger partial charge in [0, 0.05) is 0 Å². The summed E-state index contributed by atoms with van der Waals surface area (Å²) < 4.78 is 10.8. The van der Waals surface area contributed by atoms with Crippen LogP contribution in [0.25, 0.3) is 16.9 Å². The molecule has 6 rings (SSSR count). The number of aromatic amines is 1. The Kier molecular flexibility index (Phi) is 5.78. The number of aromatic nitrogens is 5. The first kappa shape index (κ1) is 22.0. The van der Waals surface area contributed by atoms with Crippen LogP contribution in [-0.4, -0.2) is 52.8 Å². The quantitative estimate of drug-likeness (QED) is 0.212. The van der Waals surface area contributed by atoms with E-state index in [1.807, 2.05) is 12.3 Å². The maximum atomic E-state index is 12.0. The molecule has 4 heterocycles. The Labute approximate surface area is 206 Å². The molecule has 2 aliphatic rings. The average Bonchev–Trinajstić information content (AvgIpc) is 3.55. The van der Waals surface area contributed by atoms with E-state index in [1.165, 1.54) is 5.56 Å². The Morgan fingerprint density at radius 3 is 2.74 bits per heavy atom. The van der Waals surface area contributed by atoms with Crippen molar-refractivity contribution in [2.75, 3.05) is 25.8 Å². The van der Waals surface area contributed by atoms with Gasteiger partial charge in [0.2, 0.25) is 0 Å². The van der Waals surface area contributed by atoms with Crippen LogP contribution in [0.1, 0.15) is 42.7 Å². The van der Waals surface area contributed by atoms with E-state index in [4.69, 9.17) is 9.72 Å². The van der Waals surface area contributed by atoms with Crippen LogP contribution in [0.4, 0.5) is 5.82 Å². The summed E-state index contributed by atoms with van der Waals surface area (Å²) in [6.07, 6.45) is 6.90. The van der Waals surface area contributed by atoms with E-state index in [0.717, 1.165) is 65.1 Å². The number of hydrogen-bond acceptors (Lipinski definition) is 6. The molecule has 0 unspecified atom stereocenters. The third-order valence-corrected chi connectivity index (χ3v) is 11.4. The van der Waals surface area contributed by atoms with Gasteiger partial charge in [-0.1, -0.05) is 0 Å². The number of benzene rings is 1. The summed E-state index contributed by atoms with van der Waals surface area (Å²) in [4.78, 5) is 7.37. The molecule has 1 aliphatic carbocycles. The molecule has 0 bridgehead atoms. The summed E-state index contributed by atoms with van der Waals surface area (Å²) in [5.41, 5.74) is 2.17. The van der Waals surface area contributed by atoms with E-state index in [9.17, 15) is 5.11 Å². The molecule has 1 aliphatic heterocycles. The molecule has 2 N–H and O–H groups in total. The van der Waals surface area contributed by atoms with E-state index in [-0.39, 0.29) is 0 Å². The van der Waals surface area contributed by atoms with Gasteiger partial charge in [0.25, 0.3) is 0 Å². The summed E-state index contributed by atoms with van der Waals surface area (Å²) in [6, 6.07) is 14.7. The van der Waals surface area contributed by atoms with Crippen LogP contribution in [0, 0.1) is 0 Å². The minimum absolute atomic E-state index is 0.485. The van der Waals surface area contributed by atoms with Gasteiger partial charge < -0.3 is 0 Å². The van der Waals surface area contributed by atoms with Crippen LogP contribution in [-0.2, 0) is 10.3 Å². The predicted molar refractivity (Wildman–Crippen MR) is 141 cm³/mol. The maximum absolute atomic E-state index is 12.0. The number of aliphatic hydroxyl groups is 1. The molecular formula is C25H29IN6O2. The molecule has 1 aromatic carbocycles. The molecule has 3 aromatic heterocycles. The Balaban J connectivity index is 1.42. The third kappa shape index (κ3) is 3.89. The fourth-order valence-electron chi connectivity index (χ4n) is 5.24. The predicted octanol–water partition coefficient (Wildman–Crippen LogP) is 4.53. The number of hydrogen-bond donors (Lipinski definition) is 2. The van der Waals surface area contributed by atoms with E-state index in [0.29, 0.717) is 12.5 Å². The zero-order valence-electron chi connectivity index (χ0n) is 19.2. The second-order valence-corrected chi connectivity index (χ2v) is 14.1. The van der Waals surface area contributed by atoms with Crippen molar-refractivity contribution in [3.8, 4) is 5.82 Å². The Bertz CT molecular complexity index is 1270. The van der Waals surface area contributed by atoms with Crippen LogP contribution in [0.15, 0.2) is 54.9 Å². The molecule has 2 fully saturated rings. The van der Waals surface area contributed by atoms with Crippen molar-refractivity contribution in [3.05, 3.63) is 66.0 Å². The molecule has 1 saturated heterocycles. The van der Waals surface area contributed by atoms with Crippen LogP contribution >= 0.6 is 20.1 Å². The second-order valence-electron chi connectivity index (χ2n) is 9.14. The fourth-order valence-corrected chi connectivity index (χ4v) is 8.64. The number of rotatable bonds is 4. The summed E-state index contributed by atoms with van der Waals surface area (Å²) in [7, 11) is 0. The van der Waals surface area contributed by atoms with Crippen LogP contribution in [0.3, 0.4) is 0 Å². The Morgan fingerprint density at radius 2 is 2.00 bits per heavy atom. The molecule has 178 valence electrons. The molecule has 8 nitrogen and oxygen atoms in total. The van der Waals surface area contributed by atoms with E-state index < -0.39 is 25.7 Å². The van der Waals surface area contributed by atoms with Gasteiger partial charge in [-0.2, -0.15) is 0 Å². The molecule has 0 atom stereocenters. The number of fused-ring (bicyclic) bond motifs is 1. The first-order valence-corrected chi connectivity index (χ1v) is 16.3. The third-order valence-electron chi connectivity index (χ3n) is 7.09. The van der Waals surface area contributed by atoms with Gasteiger partial charge in [-0.05, 0) is 0 Å². The van der Waals surface area contributed by atoms with E-state index in [1.54, 1.807) is 10.9 Å². The minimum atomic E-state index is -1.49. The first-order chi connectivity index (χ1) is 16.6. The van der Waals surface area contributed by atoms with Gasteiger partial charge in [-0.25, -0.2) is 0 Å². The van der Waals surface area contributed by atoms with Gasteiger partial charge >= 0.3 is 207 Å². The summed E-state index contributed by atoms with van der Waals surface area (Å²) in [6.45, 7) is 1.55. The number of ether oxygens (including phenoxy) is 1. The Hall–Kier alpha value is -2.50. The van der Waals surface area contributed by atoms with Gasteiger partial charge in [0.1, 0.15) is 0 Å². The van der Waals surface area contributed by atoms with Crippen molar-refractivity contribution in [2.24, 2.45) is 0 Å². The monoisotopic (exact) mass is 572 g/mol. The van der Waals surface area contributed by atoms with Gasteiger partial charge in [0.15, 0.2) is 0 Å². The fraction of sp³-hybridized carbons (Fsp3) is 0.400. The number of H-pyrrole nitrogens is 1. The van der Waals surface area contributed by atoms with Crippen LogP contribution < -0.4 is 3.11 Å². The van der Waals surface area contributed by atoms with Gasteiger partial charge in [-0.3, -0.25) is 0 Å². The summed E-state index contributed by atoms with van der Waals surface area (Å²) in [5, 5.41) is 24.6. The number of halogens is 1. The standard InChI is InChI=1S/C25H29IN6O2/c1-26-17-34-14-13-31(26)23-15-21(20-16-28-32(24(20)29-23)22-9-12-27-30-22)25(33)10-7-19(8-11-25)18-5-3-2-4-6-18/h2-6,9,12,15-16,19,33H,7-8,10-11,13-14,17H2,1H3,(H,27,30). The Morgan fingerprint density at radius 1 is 1.18 bits per heavy atom. The number of nitrogens with one attached hydrogen (secondary N) is 1. The van der Waals surface area contributed by atoms with Gasteiger partial charge in [0.05, 0.1) is 0 Å². The number of alkyl halides is 2. The number of nitrogens with zero attached hydrogens (tertiary/aromatic N) is 5. The second kappa shape index (κ2) is 8.94. The molecule has 34 heavy (non-hydrogen) atoms. The zero-order chi connectivity index (χ0) is 23.1. The zero-order valence-corrected chi connectivity index (χ0v) is 21.4. The topological polar surface area (TPSA) is 92.1 Å². The number of anilines is 1. The molecule has 0 radical (unpaired) electrons. The molecule has 1 saturated carbocycles.